The number of amides is 1. The summed E-state index contributed by atoms with van der Waals surface area (Å²) in [4.78, 5) is 12.5. The molecule has 4 bridgehead atoms. The zero-order valence-corrected chi connectivity index (χ0v) is 13.0. The van der Waals surface area contributed by atoms with Crippen molar-refractivity contribution in [3.63, 3.8) is 0 Å². The molecule has 4 fully saturated rings. The number of carbonyl (C=O) groups excluding carboxylic acids is 1. The average Bonchev–Trinajstić information content (AvgIpc) is 2.78. The predicted molar refractivity (Wildman–Crippen MR) is 76.6 cm³/mol. The van der Waals surface area contributed by atoms with Crippen molar-refractivity contribution in [2.75, 3.05) is 0 Å². The van der Waals surface area contributed by atoms with Crippen LogP contribution in [-0.4, -0.2) is 21.2 Å². The van der Waals surface area contributed by atoms with Crippen LogP contribution in [0.2, 0.25) is 0 Å². The molecule has 1 heterocycles. The number of aromatic nitrogens is 2. The number of carbonyl (C=O) groups is 1. The van der Waals surface area contributed by atoms with Crippen LogP contribution in [0.25, 0.3) is 0 Å². The summed E-state index contributed by atoms with van der Waals surface area (Å²) >= 11 is 0. The van der Waals surface area contributed by atoms with Gasteiger partial charge in [0.2, 0.25) is 0 Å². The summed E-state index contributed by atoms with van der Waals surface area (Å²) in [6, 6.07) is 0.843. The fraction of sp³-hybridized carbons (Fsp3) is 0.750. The lowest BCUT2D eigenvalue weighted by Crippen LogP contribution is -2.59. The van der Waals surface area contributed by atoms with Crippen molar-refractivity contribution in [2.24, 2.45) is 24.8 Å². The Labute approximate surface area is 132 Å². The molecule has 4 saturated carbocycles. The molecule has 0 aromatic carbocycles. The van der Waals surface area contributed by atoms with Gasteiger partial charge in [-0.2, -0.15) is 18.3 Å². The van der Waals surface area contributed by atoms with Gasteiger partial charge in [-0.05, 0) is 56.3 Å². The van der Waals surface area contributed by atoms with Gasteiger partial charge in [-0.25, -0.2) is 0 Å². The van der Waals surface area contributed by atoms with Crippen molar-refractivity contribution < 1.29 is 18.0 Å². The average molecular weight is 327 g/mol. The van der Waals surface area contributed by atoms with E-state index in [0.717, 1.165) is 30.0 Å². The van der Waals surface area contributed by atoms with Crippen molar-refractivity contribution >= 4 is 5.91 Å². The largest absolute Gasteiger partial charge is 0.433 e. The first-order chi connectivity index (χ1) is 10.7. The zero-order valence-electron chi connectivity index (χ0n) is 13.0. The van der Waals surface area contributed by atoms with Gasteiger partial charge < -0.3 is 5.32 Å². The van der Waals surface area contributed by atoms with Gasteiger partial charge in [0.25, 0.3) is 5.91 Å². The highest BCUT2D eigenvalue weighted by Gasteiger charge is 2.51. The molecule has 1 aromatic heterocycles. The molecule has 4 aliphatic rings. The molecule has 1 amide bonds. The summed E-state index contributed by atoms with van der Waals surface area (Å²) < 4.78 is 39.3. The SMILES string of the molecule is Cn1nc(C(=O)NC23CC4CC(CC(C4)C2)C3)cc1C(F)(F)F. The van der Waals surface area contributed by atoms with Crippen molar-refractivity contribution in [1.82, 2.24) is 15.1 Å². The summed E-state index contributed by atoms with van der Waals surface area (Å²) in [5, 5.41) is 6.81. The molecule has 0 aliphatic heterocycles. The molecule has 0 atom stereocenters. The zero-order chi connectivity index (χ0) is 16.4. The Kier molecular flexibility index (Phi) is 3.09. The Morgan fingerprint density at radius 2 is 1.74 bits per heavy atom. The molecule has 0 spiro atoms. The van der Waals surface area contributed by atoms with E-state index in [1.54, 1.807) is 0 Å². The van der Waals surface area contributed by atoms with E-state index in [4.69, 9.17) is 0 Å². The van der Waals surface area contributed by atoms with Crippen LogP contribution in [0.1, 0.15) is 54.7 Å². The standard InChI is InChI=1S/C16H20F3N3O/c1-22-13(16(17,18)19)5-12(21-22)14(23)20-15-6-9-2-10(7-15)4-11(3-9)8-15/h5,9-11H,2-4,6-8H2,1H3,(H,20,23). The van der Waals surface area contributed by atoms with Gasteiger partial charge in [-0.15, -0.1) is 0 Å². The third-order valence-corrected chi connectivity index (χ3v) is 5.82. The Hall–Kier alpha value is -1.53. The maximum absolute atomic E-state index is 12.9. The molecule has 4 aliphatic carbocycles. The Morgan fingerprint density at radius 1 is 1.22 bits per heavy atom. The van der Waals surface area contributed by atoms with Gasteiger partial charge in [0.1, 0.15) is 5.69 Å². The lowest BCUT2D eigenvalue weighted by Gasteiger charge is -2.56. The number of alkyl halides is 3. The summed E-state index contributed by atoms with van der Waals surface area (Å²) in [6.45, 7) is 0. The normalized spacial score (nSPS) is 35.6. The number of nitrogens with zero attached hydrogens (tertiary/aromatic N) is 2. The third kappa shape index (κ3) is 2.54. The highest BCUT2D eigenvalue weighted by atomic mass is 19.4. The first-order valence-electron chi connectivity index (χ1n) is 8.18. The lowest BCUT2D eigenvalue weighted by molar-refractivity contribution is -0.143. The minimum absolute atomic E-state index is 0.143. The number of hydrogen-bond acceptors (Lipinski definition) is 2. The Balaban J connectivity index is 1.55. The molecular formula is C16H20F3N3O. The molecule has 0 saturated heterocycles. The Bertz CT molecular complexity index is 614. The van der Waals surface area contributed by atoms with Gasteiger partial charge in [0, 0.05) is 18.7 Å². The molecular weight excluding hydrogens is 307 g/mol. The van der Waals surface area contributed by atoms with Crippen molar-refractivity contribution in [3.8, 4) is 0 Å². The smallest absolute Gasteiger partial charge is 0.345 e. The molecule has 1 aromatic rings. The first kappa shape index (κ1) is 15.0. The van der Waals surface area contributed by atoms with Crippen molar-refractivity contribution in [1.29, 1.82) is 0 Å². The maximum atomic E-state index is 12.9. The summed E-state index contributed by atoms with van der Waals surface area (Å²) in [5.41, 5.74) is -1.26. The van der Waals surface area contributed by atoms with Gasteiger partial charge in [-0.1, -0.05) is 0 Å². The highest BCUT2D eigenvalue weighted by molar-refractivity contribution is 5.93. The number of hydrogen-bond donors (Lipinski definition) is 1. The molecule has 0 radical (unpaired) electrons. The number of halogens is 3. The second-order valence-corrected chi connectivity index (χ2v) is 7.69. The molecule has 1 N–H and O–H groups in total. The second-order valence-electron chi connectivity index (χ2n) is 7.69. The molecule has 7 heteroatoms. The van der Waals surface area contributed by atoms with E-state index in [9.17, 15) is 18.0 Å². The van der Waals surface area contributed by atoms with Crippen molar-refractivity contribution in [3.05, 3.63) is 17.5 Å². The van der Waals surface area contributed by atoms with Gasteiger partial charge in [0.05, 0.1) is 0 Å². The summed E-state index contributed by atoms with van der Waals surface area (Å²) in [7, 11) is 1.21. The molecule has 4 nitrogen and oxygen atoms in total. The van der Waals surface area contributed by atoms with Crippen LogP contribution in [0.5, 0.6) is 0 Å². The number of nitrogens with one attached hydrogen (secondary N) is 1. The van der Waals surface area contributed by atoms with Crippen LogP contribution < -0.4 is 5.32 Å². The van der Waals surface area contributed by atoms with Gasteiger partial charge in [0.15, 0.2) is 5.69 Å². The first-order valence-corrected chi connectivity index (χ1v) is 8.18. The van der Waals surface area contributed by atoms with E-state index in [0.29, 0.717) is 17.8 Å². The lowest BCUT2D eigenvalue weighted by atomic mass is 9.53. The van der Waals surface area contributed by atoms with E-state index in [1.165, 1.54) is 26.3 Å². The monoisotopic (exact) mass is 327 g/mol. The summed E-state index contributed by atoms with van der Waals surface area (Å²) in [5.74, 6) is 1.51. The fourth-order valence-corrected chi connectivity index (χ4v) is 5.41. The predicted octanol–water partition coefficient (Wildman–Crippen LogP) is 3.14. The topological polar surface area (TPSA) is 46.9 Å². The number of rotatable bonds is 2. The minimum atomic E-state index is -4.50. The van der Waals surface area contributed by atoms with Crippen LogP contribution in [0.3, 0.4) is 0 Å². The van der Waals surface area contributed by atoms with Crippen LogP contribution in [-0.2, 0) is 13.2 Å². The molecule has 23 heavy (non-hydrogen) atoms. The van der Waals surface area contributed by atoms with E-state index in [-0.39, 0.29) is 11.2 Å². The number of aryl methyl sites for hydroxylation is 1. The van der Waals surface area contributed by atoms with Crippen LogP contribution >= 0.6 is 0 Å². The quantitative estimate of drug-likeness (QED) is 0.907. The Morgan fingerprint density at radius 3 is 2.17 bits per heavy atom. The van der Waals surface area contributed by atoms with Gasteiger partial charge >= 0.3 is 6.18 Å². The molecule has 0 unspecified atom stereocenters. The second kappa shape index (κ2) is 4.74. The van der Waals surface area contributed by atoms with E-state index >= 15 is 0 Å². The molecule has 5 rings (SSSR count). The third-order valence-electron chi connectivity index (χ3n) is 5.82. The van der Waals surface area contributed by atoms with Crippen LogP contribution in [0, 0.1) is 17.8 Å². The highest BCUT2D eigenvalue weighted by Crippen LogP contribution is 2.55. The molecule has 126 valence electrons. The fourth-order valence-electron chi connectivity index (χ4n) is 5.41. The van der Waals surface area contributed by atoms with E-state index in [1.807, 2.05) is 0 Å². The van der Waals surface area contributed by atoms with Crippen molar-refractivity contribution in [2.45, 2.75) is 50.2 Å². The minimum Gasteiger partial charge on any atom is -0.345 e. The summed E-state index contributed by atoms with van der Waals surface area (Å²) in [6.07, 6.45) is 2.13. The van der Waals surface area contributed by atoms with E-state index < -0.39 is 17.8 Å². The van der Waals surface area contributed by atoms with Gasteiger partial charge in [-0.3, -0.25) is 9.48 Å². The van der Waals surface area contributed by atoms with E-state index in [2.05, 4.69) is 10.4 Å². The van der Waals surface area contributed by atoms with Crippen LogP contribution in [0.15, 0.2) is 6.07 Å². The maximum Gasteiger partial charge on any atom is 0.433 e. The van der Waals surface area contributed by atoms with Crippen LogP contribution in [0.4, 0.5) is 13.2 Å².